The molecular weight excluding hydrogens is 228 g/mol. The van der Waals surface area contributed by atoms with Gasteiger partial charge >= 0.3 is 0 Å². The first-order chi connectivity index (χ1) is 8.62. The number of benzene rings is 1. The van der Waals surface area contributed by atoms with Gasteiger partial charge in [-0.2, -0.15) is 0 Å². The van der Waals surface area contributed by atoms with E-state index in [1.807, 2.05) is 32.0 Å². The number of carbonyl (C=O) groups is 1. The normalized spacial score (nSPS) is 10.2. The molecule has 18 heavy (non-hydrogen) atoms. The lowest BCUT2D eigenvalue weighted by Crippen LogP contribution is -2.34. The summed E-state index contributed by atoms with van der Waals surface area (Å²) < 4.78 is 5.47. The van der Waals surface area contributed by atoms with E-state index in [-0.39, 0.29) is 12.5 Å². The van der Waals surface area contributed by atoms with Crippen LogP contribution in [0.5, 0.6) is 5.75 Å². The molecule has 0 atom stereocenters. The Hall–Kier alpha value is -1.71. The van der Waals surface area contributed by atoms with E-state index in [2.05, 4.69) is 6.92 Å². The van der Waals surface area contributed by atoms with Crippen LogP contribution in [-0.2, 0) is 11.2 Å². The van der Waals surface area contributed by atoms with Gasteiger partial charge in [-0.15, -0.1) is 0 Å². The van der Waals surface area contributed by atoms with E-state index in [4.69, 9.17) is 10.5 Å². The maximum atomic E-state index is 11.8. The third-order valence-electron chi connectivity index (χ3n) is 2.95. The smallest absolute Gasteiger partial charge is 0.260 e. The Morgan fingerprint density at radius 1 is 1.28 bits per heavy atom. The highest BCUT2D eigenvalue weighted by molar-refractivity contribution is 5.78. The number of carbonyl (C=O) groups excluding carboxylic acids is 1. The number of likely N-dealkylation sites (N-methyl/N-ethyl adjacent to an activating group) is 1. The third-order valence-corrected chi connectivity index (χ3v) is 2.95. The van der Waals surface area contributed by atoms with Crippen molar-refractivity contribution in [1.82, 2.24) is 4.90 Å². The van der Waals surface area contributed by atoms with Crippen LogP contribution in [0.4, 0.5) is 5.69 Å². The van der Waals surface area contributed by atoms with Crippen LogP contribution < -0.4 is 10.5 Å². The monoisotopic (exact) mass is 250 g/mol. The Morgan fingerprint density at radius 3 is 2.44 bits per heavy atom. The molecule has 4 heteroatoms. The fourth-order valence-electron chi connectivity index (χ4n) is 1.76. The zero-order valence-electron chi connectivity index (χ0n) is 11.4. The molecule has 0 spiro atoms. The van der Waals surface area contributed by atoms with Gasteiger partial charge in [0.25, 0.3) is 5.91 Å². The molecule has 1 aromatic rings. The number of aryl methyl sites for hydroxylation is 1. The van der Waals surface area contributed by atoms with Gasteiger partial charge in [0.05, 0.1) is 5.69 Å². The maximum Gasteiger partial charge on any atom is 0.260 e. The van der Waals surface area contributed by atoms with E-state index in [1.165, 1.54) is 0 Å². The van der Waals surface area contributed by atoms with Gasteiger partial charge < -0.3 is 15.4 Å². The zero-order chi connectivity index (χ0) is 13.5. The van der Waals surface area contributed by atoms with Crippen molar-refractivity contribution >= 4 is 11.6 Å². The van der Waals surface area contributed by atoms with Crippen molar-refractivity contribution in [3.05, 3.63) is 23.8 Å². The molecule has 4 nitrogen and oxygen atoms in total. The number of nitrogen functional groups attached to an aromatic ring is 1. The summed E-state index contributed by atoms with van der Waals surface area (Å²) in [6, 6.07) is 5.68. The highest BCUT2D eigenvalue weighted by Gasteiger charge is 2.11. The highest BCUT2D eigenvalue weighted by atomic mass is 16.5. The van der Waals surface area contributed by atoms with E-state index in [1.54, 1.807) is 4.90 Å². The Morgan fingerprint density at radius 2 is 1.94 bits per heavy atom. The number of ether oxygens (including phenoxy) is 1. The van der Waals surface area contributed by atoms with E-state index in [9.17, 15) is 4.79 Å². The van der Waals surface area contributed by atoms with Crippen molar-refractivity contribution in [2.75, 3.05) is 25.4 Å². The second kappa shape index (κ2) is 6.89. The van der Waals surface area contributed by atoms with E-state index in [0.717, 1.165) is 12.0 Å². The predicted molar refractivity (Wildman–Crippen MR) is 73.7 cm³/mol. The Bertz CT molecular complexity index is 401. The molecule has 0 unspecified atom stereocenters. The lowest BCUT2D eigenvalue weighted by atomic mass is 10.1. The molecule has 0 aliphatic carbocycles. The second-order valence-corrected chi connectivity index (χ2v) is 4.08. The standard InChI is InChI=1S/C14H22N2O2/c1-4-11-7-8-13(12(15)9-11)18-10-14(17)16(5-2)6-3/h7-9H,4-6,10,15H2,1-3H3. The Balaban J connectivity index is 2.61. The number of rotatable bonds is 6. The van der Waals surface area contributed by atoms with Crippen LogP contribution in [0.2, 0.25) is 0 Å². The minimum atomic E-state index is -0.0148. The first kappa shape index (κ1) is 14.4. The van der Waals surface area contributed by atoms with Crippen molar-refractivity contribution in [2.45, 2.75) is 27.2 Å². The summed E-state index contributed by atoms with van der Waals surface area (Å²) in [5.41, 5.74) is 7.62. The van der Waals surface area contributed by atoms with Crippen LogP contribution in [0.15, 0.2) is 18.2 Å². The van der Waals surface area contributed by atoms with Crippen LogP contribution >= 0.6 is 0 Å². The van der Waals surface area contributed by atoms with Crippen molar-refractivity contribution in [3.63, 3.8) is 0 Å². The lowest BCUT2D eigenvalue weighted by molar-refractivity contribution is -0.132. The largest absolute Gasteiger partial charge is 0.482 e. The molecule has 0 bridgehead atoms. The number of hydrogen-bond donors (Lipinski definition) is 1. The fraction of sp³-hybridized carbons (Fsp3) is 0.500. The first-order valence-corrected chi connectivity index (χ1v) is 6.41. The molecule has 0 saturated heterocycles. The van der Waals surface area contributed by atoms with Gasteiger partial charge in [0.15, 0.2) is 6.61 Å². The summed E-state index contributed by atoms with van der Waals surface area (Å²) in [6.45, 7) is 7.40. The molecule has 0 saturated carbocycles. The average Bonchev–Trinajstić information content (AvgIpc) is 2.38. The van der Waals surface area contributed by atoms with Crippen molar-refractivity contribution < 1.29 is 9.53 Å². The zero-order valence-corrected chi connectivity index (χ0v) is 11.4. The summed E-state index contributed by atoms with van der Waals surface area (Å²) in [4.78, 5) is 13.5. The fourth-order valence-corrected chi connectivity index (χ4v) is 1.76. The summed E-state index contributed by atoms with van der Waals surface area (Å²) in [5, 5.41) is 0. The lowest BCUT2D eigenvalue weighted by Gasteiger charge is -2.19. The number of anilines is 1. The minimum Gasteiger partial charge on any atom is -0.482 e. The molecule has 0 heterocycles. The van der Waals surface area contributed by atoms with Gasteiger partial charge in [-0.1, -0.05) is 13.0 Å². The Labute approximate surface area is 109 Å². The number of nitrogens with two attached hydrogens (primary N) is 1. The van der Waals surface area contributed by atoms with Gasteiger partial charge in [0.2, 0.25) is 0 Å². The van der Waals surface area contributed by atoms with Gasteiger partial charge in [-0.3, -0.25) is 4.79 Å². The molecule has 1 rings (SSSR count). The molecule has 0 fully saturated rings. The molecular formula is C14H22N2O2. The van der Waals surface area contributed by atoms with E-state index >= 15 is 0 Å². The highest BCUT2D eigenvalue weighted by Crippen LogP contribution is 2.22. The van der Waals surface area contributed by atoms with Gasteiger partial charge in [-0.25, -0.2) is 0 Å². The van der Waals surface area contributed by atoms with Crippen LogP contribution in [-0.4, -0.2) is 30.5 Å². The molecule has 0 radical (unpaired) electrons. The number of nitrogens with zero attached hydrogens (tertiary/aromatic N) is 1. The van der Waals surface area contributed by atoms with Crippen LogP contribution in [0.3, 0.4) is 0 Å². The predicted octanol–water partition coefficient (Wildman–Crippen LogP) is 2.08. The molecule has 0 aliphatic rings. The quantitative estimate of drug-likeness (QED) is 0.786. The summed E-state index contributed by atoms with van der Waals surface area (Å²) in [5.74, 6) is 0.562. The van der Waals surface area contributed by atoms with Crippen LogP contribution in [0.1, 0.15) is 26.3 Å². The molecule has 0 aliphatic heterocycles. The third kappa shape index (κ3) is 3.65. The first-order valence-electron chi connectivity index (χ1n) is 6.41. The number of hydrogen-bond acceptors (Lipinski definition) is 3. The Kier molecular flexibility index (Phi) is 5.49. The number of amides is 1. The molecule has 1 amide bonds. The summed E-state index contributed by atoms with van der Waals surface area (Å²) >= 11 is 0. The van der Waals surface area contributed by atoms with E-state index in [0.29, 0.717) is 24.5 Å². The second-order valence-electron chi connectivity index (χ2n) is 4.08. The molecule has 1 aromatic carbocycles. The minimum absolute atomic E-state index is 0.0148. The maximum absolute atomic E-state index is 11.8. The van der Waals surface area contributed by atoms with Gasteiger partial charge in [-0.05, 0) is 38.0 Å². The average molecular weight is 250 g/mol. The van der Waals surface area contributed by atoms with Crippen LogP contribution in [0, 0.1) is 0 Å². The van der Waals surface area contributed by atoms with Crippen molar-refractivity contribution in [3.8, 4) is 5.75 Å². The molecule has 0 aromatic heterocycles. The topological polar surface area (TPSA) is 55.6 Å². The molecule has 100 valence electrons. The summed E-state index contributed by atoms with van der Waals surface area (Å²) in [7, 11) is 0. The van der Waals surface area contributed by atoms with Gasteiger partial charge in [0.1, 0.15) is 5.75 Å². The summed E-state index contributed by atoms with van der Waals surface area (Å²) in [6.07, 6.45) is 0.933. The van der Waals surface area contributed by atoms with Crippen molar-refractivity contribution in [2.24, 2.45) is 0 Å². The van der Waals surface area contributed by atoms with E-state index < -0.39 is 0 Å². The molecule has 2 N–H and O–H groups in total. The van der Waals surface area contributed by atoms with Crippen molar-refractivity contribution in [1.29, 1.82) is 0 Å². The SMILES string of the molecule is CCc1ccc(OCC(=O)N(CC)CC)c(N)c1. The van der Waals surface area contributed by atoms with Gasteiger partial charge in [0, 0.05) is 13.1 Å². The van der Waals surface area contributed by atoms with Crippen LogP contribution in [0.25, 0.3) is 0 Å².